The van der Waals surface area contributed by atoms with Gasteiger partial charge in [0.2, 0.25) is 0 Å². The number of anilines is 1. The van der Waals surface area contributed by atoms with Gasteiger partial charge in [-0.3, -0.25) is 9.59 Å². The summed E-state index contributed by atoms with van der Waals surface area (Å²) in [6.07, 6.45) is 0. The number of aryl methyl sites for hydroxylation is 2. The van der Waals surface area contributed by atoms with Crippen LogP contribution < -0.4 is 4.90 Å². The number of hydrogen-bond donors (Lipinski definition) is 0. The maximum atomic E-state index is 14.1. The third-order valence-electron chi connectivity index (χ3n) is 6.26. The summed E-state index contributed by atoms with van der Waals surface area (Å²) < 4.78 is 0. The number of thioether (sulfide) groups is 1. The SMILES string of the molecule is Cc1ccc2c(c1)[C@@]1(SCCN1C(=O)c1ccccc1C)C(=O)N2Cc1ccccc1Cl. The Kier molecular flexibility index (Phi) is 5.26. The molecule has 0 radical (unpaired) electrons. The second-order valence-electron chi connectivity index (χ2n) is 8.27. The van der Waals surface area contributed by atoms with Gasteiger partial charge in [0.1, 0.15) is 0 Å². The number of benzene rings is 3. The van der Waals surface area contributed by atoms with Gasteiger partial charge in [0.05, 0.1) is 12.2 Å². The van der Waals surface area contributed by atoms with Gasteiger partial charge < -0.3 is 9.80 Å². The van der Waals surface area contributed by atoms with Crippen LogP contribution in [0.2, 0.25) is 5.02 Å². The van der Waals surface area contributed by atoms with Crippen molar-refractivity contribution in [3.63, 3.8) is 0 Å². The molecule has 1 fully saturated rings. The van der Waals surface area contributed by atoms with E-state index in [1.165, 1.54) is 0 Å². The number of fused-ring (bicyclic) bond motifs is 2. The molecule has 1 atom stereocenters. The molecule has 0 aromatic heterocycles. The van der Waals surface area contributed by atoms with E-state index >= 15 is 0 Å². The molecule has 5 rings (SSSR count). The summed E-state index contributed by atoms with van der Waals surface area (Å²) >= 11 is 7.97. The lowest BCUT2D eigenvalue weighted by atomic mass is 10.0. The number of amides is 2. The molecule has 2 aliphatic rings. The predicted octanol–water partition coefficient (Wildman–Crippen LogP) is 5.55. The van der Waals surface area contributed by atoms with E-state index in [4.69, 9.17) is 11.6 Å². The van der Waals surface area contributed by atoms with Gasteiger partial charge >= 0.3 is 0 Å². The molecular weight excluding hydrogens is 440 g/mol. The first-order valence-corrected chi connectivity index (χ1v) is 12.0. The van der Waals surface area contributed by atoms with Crippen LogP contribution in [0.25, 0.3) is 0 Å². The molecular formula is C26H23ClN2O2S. The molecule has 3 aromatic rings. The number of carbonyl (C=O) groups is 2. The molecule has 0 unspecified atom stereocenters. The maximum absolute atomic E-state index is 14.1. The van der Waals surface area contributed by atoms with Crippen molar-refractivity contribution in [1.29, 1.82) is 0 Å². The largest absolute Gasteiger partial charge is 0.311 e. The van der Waals surface area contributed by atoms with Gasteiger partial charge in [-0.2, -0.15) is 0 Å². The summed E-state index contributed by atoms with van der Waals surface area (Å²) in [6.45, 7) is 4.84. The molecule has 1 saturated heterocycles. The van der Waals surface area contributed by atoms with Crippen LogP contribution in [0.3, 0.4) is 0 Å². The van der Waals surface area contributed by atoms with Crippen molar-refractivity contribution >= 4 is 40.9 Å². The summed E-state index contributed by atoms with van der Waals surface area (Å²) in [5.74, 6) is 0.521. The Morgan fingerprint density at radius 3 is 2.59 bits per heavy atom. The van der Waals surface area contributed by atoms with Gasteiger partial charge in [0, 0.05) is 28.4 Å². The topological polar surface area (TPSA) is 40.6 Å². The van der Waals surface area contributed by atoms with Crippen molar-refractivity contribution < 1.29 is 9.59 Å². The van der Waals surface area contributed by atoms with Crippen molar-refractivity contribution in [3.8, 4) is 0 Å². The molecule has 0 aliphatic carbocycles. The van der Waals surface area contributed by atoms with Crippen LogP contribution in [0.4, 0.5) is 5.69 Å². The minimum Gasteiger partial charge on any atom is -0.311 e. The number of rotatable bonds is 3. The van der Waals surface area contributed by atoms with Crippen molar-refractivity contribution in [1.82, 2.24) is 4.90 Å². The van der Waals surface area contributed by atoms with E-state index in [9.17, 15) is 9.59 Å². The molecule has 2 amide bonds. The standard InChI is InChI=1S/C26H23ClN2O2S/c1-17-11-12-23-21(15-17)26(25(31)28(23)16-19-8-4-6-10-22(19)27)29(13-14-32-26)24(30)20-9-5-3-7-18(20)2/h3-12,15H,13-14,16H2,1-2H3/t26-/m1/s1. The lowest BCUT2D eigenvalue weighted by Crippen LogP contribution is -2.50. The second kappa shape index (κ2) is 7.98. The zero-order valence-electron chi connectivity index (χ0n) is 18.0. The summed E-state index contributed by atoms with van der Waals surface area (Å²) in [4.78, 5) is 30.3. The fourth-order valence-corrected chi connectivity index (χ4v) is 6.29. The maximum Gasteiger partial charge on any atom is 0.268 e. The normalized spacial score (nSPS) is 19.7. The summed E-state index contributed by atoms with van der Waals surface area (Å²) in [5, 5.41) is 0.627. The Labute approximate surface area is 197 Å². The van der Waals surface area contributed by atoms with E-state index in [1.807, 2.05) is 74.5 Å². The van der Waals surface area contributed by atoms with E-state index < -0.39 is 4.87 Å². The van der Waals surface area contributed by atoms with Crippen LogP contribution >= 0.6 is 23.4 Å². The van der Waals surface area contributed by atoms with Crippen LogP contribution in [0.1, 0.15) is 32.6 Å². The zero-order valence-corrected chi connectivity index (χ0v) is 19.5. The first-order valence-electron chi connectivity index (χ1n) is 10.6. The lowest BCUT2D eigenvalue weighted by Gasteiger charge is -2.33. The van der Waals surface area contributed by atoms with Crippen molar-refractivity contribution in [3.05, 3.63) is 99.6 Å². The van der Waals surface area contributed by atoms with Crippen LogP contribution in [-0.4, -0.2) is 29.0 Å². The predicted molar refractivity (Wildman–Crippen MR) is 130 cm³/mol. The van der Waals surface area contributed by atoms with Gasteiger partial charge in [-0.1, -0.05) is 65.7 Å². The smallest absolute Gasteiger partial charge is 0.268 e. The average Bonchev–Trinajstić information content (AvgIpc) is 3.32. The minimum absolute atomic E-state index is 0.0811. The molecule has 0 N–H and O–H groups in total. The molecule has 0 saturated carbocycles. The molecule has 3 aromatic carbocycles. The zero-order chi connectivity index (χ0) is 22.5. The van der Waals surface area contributed by atoms with Crippen LogP contribution in [0.5, 0.6) is 0 Å². The third-order valence-corrected chi connectivity index (χ3v) is 8.04. The Bertz CT molecular complexity index is 1240. The Balaban J connectivity index is 1.63. The average molecular weight is 463 g/mol. The van der Waals surface area contributed by atoms with E-state index in [0.717, 1.165) is 27.9 Å². The van der Waals surface area contributed by atoms with Crippen LogP contribution in [-0.2, 0) is 16.2 Å². The quantitative estimate of drug-likeness (QED) is 0.512. The monoisotopic (exact) mass is 462 g/mol. The summed E-state index contributed by atoms with van der Waals surface area (Å²) in [5.41, 5.74) is 5.22. The highest BCUT2D eigenvalue weighted by molar-refractivity contribution is 8.01. The Morgan fingerprint density at radius 1 is 1.06 bits per heavy atom. The van der Waals surface area contributed by atoms with Crippen molar-refractivity contribution in [2.24, 2.45) is 0 Å². The number of hydrogen-bond acceptors (Lipinski definition) is 3. The van der Waals surface area contributed by atoms with Crippen molar-refractivity contribution in [2.75, 3.05) is 17.2 Å². The molecule has 2 heterocycles. The number of halogens is 1. The van der Waals surface area contributed by atoms with E-state index in [2.05, 4.69) is 6.07 Å². The number of nitrogens with zero attached hydrogens (tertiary/aromatic N) is 2. The van der Waals surface area contributed by atoms with E-state index in [-0.39, 0.29) is 11.8 Å². The molecule has 0 bridgehead atoms. The summed E-state index contributed by atoms with van der Waals surface area (Å²) in [6, 6.07) is 21.2. The number of carbonyl (C=O) groups excluding carboxylic acids is 2. The molecule has 32 heavy (non-hydrogen) atoms. The highest BCUT2D eigenvalue weighted by Gasteiger charge is 2.59. The fraction of sp³-hybridized carbons (Fsp3) is 0.231. The fourth-order valence-electron chi connectivity index (χ4n) is 4.64. The second-order valence-corrected chi connectivity index (χ2v) is 9.96. The summed E-state index contributed by atoms with van der Waals surface area (Å²) in [7, 11) is 0. The molecule has 4 nitrogen and oxygen atoms in total. The van der Waals surface area contributed by atoms with Gasteiger partial charge in [0.25, 0.3) is 11.8 Å². The Hall–Kier alpha value is -2.76. The highest BCUT2D eigenvalue weighted by Crippen LogP contribution is 2.55. The Morgan fingerprint density at radius 2 is 1.81 bits per heavy atom. The van der Waals surface area contributed by atoms with Crippen LogP contribution in [0.15, 0.2) is 66.7 Å². The first-order chi connectivity index (χ1) is 15.4. The first kappa shape index (κ1) is 21.1. The van der Waals surface area contributed by atoms with Gasteiger partial charge in [-0.15, -0.1) is 11.8 Å². The highest BCUT2D eigenvalue weighted by atomic mass is 35.5. The van der Waals surface area contributed by atoms with E-state index in [0.29, 0.717) is 29.4 Å². The van der Waals surface area contributed by atoms with Gasteiger partial charge in [0.15, 0.2) is 4.87 Å². The molecule has 2 aliphatic heterocycles. The molecule has 162 valence electrons. The minimum atomic E-state index is -1.05. The van der Waals surface area contributed by atoms with Crippen LogP contribution in [0, 0.1) is 13.8 Å². The van der Waals surface area contributed by atoms with E-state index in [1.54, 1.807) is 21.6 Å². The van der Waals surface area contributed by atoms with Gasteiger partial charge in [-0.25, -0.2) is 0 Å². The van der Waals surface area contributed by atoms with Crippen molar-refractivity contribution in [2.45, 2.75) is 25.3 Å². The molecule has 6 heteroatoms. The molecule has 1 spiro atoms. The lowest BCUT2D eigenvalue weighted by molar-refractivity contribution is -0.123. The third kappa shape index (κ3) is 3.14. The van der Waals surface area contributed by atoms with Gasteiger partial charge in [-0.05, 0) is 43.2 Å².